The largest absolute Gasteiger partial charge is 0.488 e. The number of hydrogen-bond acceptors (Lipinski definition) is 6. The van der Waals surface area contributed by atoms with Crippen molar-refractivity contribution in [1.82, 2.24) is 5.32 Å². The predicted octanol–water partition coefficient (Wildman–Crippen LogP) is 4.08. The van der Waals surface area contributed by atoms with Gasteiger partial charge in [-0.2, -0.15) is 4.39 Å². The molecule has 33 heavy (non-hydrogen) atoms. The van der Waals surface area contributed by atoms with Crippen LogP contribution in [0.2, 0.25) is 0 Å². The molecule has 9 heteroatoms. The number of benzene rings is 2. The van der Waals surface area contributed by atoms with Crippen LogP contribution in [0, 0.1) is 0 Å². The van der Waals surface area contributed by atoms with Crippen molar-refractivity contribution in [3.8, 4) is 5.75 Å². The average molecular weight is 478 g/mol. The van der Waals surface area contributed by atoms with Gasteiger partial charge in [0.15, 0.2) is 9.84 Å². The smallest absolute Gasteiger partial charge is 0.408 e. The number of halogens is 1. The topological polar surface area (TPSA) is 98.8 Å². The van der Waals surface area contributed by atoms with Crippen LogP contribution in [0.25, 0.3) is 6.08 Å². The fourth-order valence-electron chi connectivity index (χ4n) is 2.78. The summed E-state index contributed by atoms with van der Waals surface area (Å²) in [7, 11) is -3.67. The summed E-state index contributed by atoms with van der Waals surface area (Å²) < 4.78 is 48.3. The average Bonchev–Trinajstić information content (AvgIpc) is 2.70. The molecular formula is C24H28FNO6S. The maximum atomic E-state index is 13.5. The Kier molecular flexibility index (Phi) is 8.76. The number of nitrogens with one attached hydrogen (secondary N) is 1. The summed E-state index contributed by atoms with van der Waals surface area (Å²) in [5.41, 5.74) is 0.815. The fourth-order valence-corrected chi connectivity index (χ4v) is 3.41. The van der Waals surface area contributed by atoms with Crippen molar-refractivity contribution in [2.45, 2.75) is 38.8 Å². The highest BCUT2D eigenvalue weighted by Crippen LogP contribution is 2.19. The minimum absolute atomic E-state index is 0.112. The highest BCUT2D eigenvalue weighted by Gasteiger charge is 2.23. The number of carbonyl (C=O) groups excluding carboxylic acids is 2. The zero-order valence-corrected chi connectivity index (χ0v) is 19.8. The molecule has 0 spiro atoms. The van der Waals surface area contributed by atoms with Gasteiger partial charge in [-0.3, -0.25) is 4.79 Å². The van der Waals surface area contributed by atoms with Gasteiger partial charge in [0, 0.05) is 12.7 Å². The third-order valence-corrected chi connectivity index (χ3v) is 5.49. The summed E-state index contributed by atoms with van der Waals surface area (Å²) >= 11 is 0. The van der Waals surface area contributed by atoms with E-state index in [9.17, 15) is 22.4 Å². The summed E-state index contributed by atoms with van der Waals surface area (Å²) in [6, 6.07) is 12.1. The molecule has 178 valence electrons. The number of alkyl carbamates (subject to hydrolysis) is 1. The molecule has 0 aliphatic rings. The molecule has 0 aliphatic carbocycles. The Balaban J connectivity index is 2.02. The molecule has 2 aromatic carbocycles. The molecule has 7 nitrogen and oxygen atoms in total. The number of rotatable bonds is 9. The normalized spacial score (nSPS) is 13.2. The lowest BCUT2D eigenvalue weighted by molar-refractivity contribution is -0.131. The maximum Gasteiger partial charge on any atom is 0.408 e. The van der Waals surface area contributed by atoms with Crippen LogP contribution in [0.3, 0.4) is 0 Å². The lowest BCUT2D eigenvalue weighted by Gasteiger charge is -2.21. The fraction of sp³-hybridized carbons (Fsp3) is 0.333. The Hall–Kier alpha value is -3.20. The summed E-state index contributed by atoms with van der Waals surface area (Å²) in [6.45, 7) is 5.14. The van der Waals surface area contributed by atoms with Gasteiger partial charge in [-0.1, -0.05) is 42.5 Å². The van der Waals surface area contributed by atoms with Crippen LogP contribution in [0.15, 0.2) is 59.5 Å². The van der Waals surface area contributed by atoms with E-state index < -0.39 is 34.6 Å². The number of sulfone groups is 1. The Morgan fingerprint density at radius 1 is 1.06 bits per heavy atom. The standard InChI is InChI=1S/C24H28FNO6S/c1-24(2,3)32-19-12-10-18(11-13-19)15-21(22(25)27)26-23(28)31-16-20(33(4,29)30)14-17-8-6-5-7-9-17/h5-14,21H,15-16H2,1-4H3,(H,26,28)/b20-14+. The Labute approximate surface area is 193 Å². The van der Waals surface area contributed by atoms with E-state index in [1.54, 1.807) is 54.6 Å². The first-order valence-corrected chi connectivity index (χ1v) is 12.1. The molecule has 0 radical (unpaired) electrons. The first kappa shape index (κ1) is 26.1. The lowest BCUT2D eigenvalue weighted by Crippen LogP contribution is -2.41. The van der Waals surface area contributed by atoms with Gasteiger partial charge in [-0.25, -0.2) is 13.2 Å². The Morgan fingerprint density at radius 3 is 2.18 bits per heavy atom. The van der Waals surface area contributed by atoms with Gasteiger partial charge in [0.25, 0.3) is 0 Å². The van der Waals surface area contributed by atoms with Crippen LogP contribution in [0.5, 0.6) is 5.75 Å². The third kappa shape index (κ3) is 9.44. The van der Waals surface area contributed by atoms with E-state index >= 15 is 0 Å². The Morgan fingerprint density at radius 2 is 1.67 bits per heavy atom. The van der Waals surface area contributed by atoms with Gasteiger partial charge in [0.2, 0.25) is 0 Å². The monoisotopic (exact) mass is 477 g/mol. The summed E-state index contributed by atoms with van der Waals surface area (Å²) in [5, 5.41) is 2.15. The molecule has 0 saturated heterocycles. The van der Waals surface area contributed by atoms with Crippen molar-refractivity contribution in [3.05, 3.63) is 70.6 Å². The zero-order valence-electron chi connectivity index (χ0n) is 19.0. The van der Waals surface area contributed by atoms with E-state index in [2.05, 4.69) is 5.32 Å². The highest BCUT2D eigenvalue weighted by molar-refractivity contribution is 7.94. The first-order chi connectivity index (χ1) is 15.3. The molecule has 2 aromatic rings. The van der Waals surface area contributed by atoms with Gasteiger partial charge in [-0.05, 0) is 50.1 Å². The molecule has 0 aromatic heterocycles. The van der Waals surface area contributed by atoms with Crippen LogP contribution < -0.4 is 10.1 Å². The van der Waals surface area contributed by atoms with Crippen molar-refractivity contribution in [2.75, 3.05) is 12.9 Å². The molecule has 0 aliphatic heterocycles. The van der Waals surface area contributed by atoms with Crippen LogP contribution in [0.4, 0.5) is 9.18 Å². The second kappa shape index (κ2) is 11.1. The molecule has 1 N–H and O–H groups in total. The lowest BCUT2D eigenvalue weighted by atomic mass is 10.1. The number of hydrogen-bond donors (Lipinski definition) is 1. The van der Waals surface area contributed by atoms with Gasteiger partial charge in [0.05, 0.1) is 4.91 Å². The predicted molar refractivity (Wildman–Crippen MR) is 124 cm³/mol. The van der Waals surface area contributed by atoms with Crippen molar-refractivity contribution in [3.63, 3.8) is 0 Å². The highest BCUT2D eigenvalue weighted by atomic mass is 32.2. The minimum Gasteiger partial charge on any atom is -0.488 e. The van der Waals surface area contributed by atoms with Crippen LogP contribution in [-0.2, 0) is 25.8 Å². The molecule has 0 bridgehead atoms. The first-order valence-electron chi connectivity index (χ1n) is 10.2. The molecule has 2 rings (SSSR count). The van der Waals surface area contributed by atoms with Gasteiger partial charge in [-0.15, -0.1) is 0 Å². The molecule has 1 unspecified atom stereocenters. The van der Waals surface area contributed by atoms with Gasteiger partial charge in [0.1, 0.15) is 24.0 Å². The van der Waals surface area contributed by atoms with E-state index in [1.807, 2.05) is 20.8 Å². The van der Waals surface area contributed by atoms with Crippen molar-refractivity contribution in [1.29, 1.82) is 0 Å². The maximum absolute atomic E-state index is 13.5. The molecule has 1 atom stereocenters. The second-order valence-electron chi connectivity index (χ2n) is 8.43. The second-order valence-corrected chi connectivity index (χ2v) is 10.5. The molecule has 0 saturated carbocycles. The van der Waals surface area contributed by atoms with Gasteiger partial charge >= 0.3 is 12.1 Å². The van der Waals surface area contributed by atoms with E-state index in [4.69, 9.17) is 9.47 Å². The van der Waals surface area contributed by atoms with Crippen LogP contribution in [-0.4, -0.2) is 45.1 Å². The van der Waals surface area contributed by atoms with E-state index in [0.29, 0.717) is 16.9 Å². The molecule has 0 heterocycles. The van der Waals surface area contributed by atoms with Crippen molar-refractivity contribution in [2.24, 2.45) is 0 Å². The van der Waals surface area contributed by atoms with Crippen LogP contribution in [0.1, 0.15) is 31.9 Å². The van der Waals surface area contributed by atoms with E-state index in [1.165, 1.54) is 6.08 Å². The van der Waals surface area contributed by atoms with E-state index in [-0.39, 0.29) is 16.9 Å². The Bertz CT molecular complexity index is 1090. The molecule has 1 amide bonds. The summed E-state index contributed by atoms with van der Waals surface area (Å²) in [4.78, 5) is 23.4. The van der Waals surface area contributed by atoms with Crippen molar-refractivity contribution < 1.29 is 31.9 Å². The number of ether oxygens (including phenoxy) is 2. The quantitative estimate of drug-likeness (QED) is 0.547. The zero-order chi connectivity index (χ0) is 24.6. The third-order valence-electron chi connectivity index (χ3n) is 4.30. The summed E-state index contributed by atoms with van der Waals surface area (Å²) in [5.74, 6) is 0.611. The van der Waals surface area contributed by atoms with Crippen LogP contribution >= 0.6 is 0 Å². The van der Waals surface area contributed by atoms with Gasteiger partial charge < -0.3 is 14.8 Å². The summed E-state index contributed by atoms with van der Waals surface area (Å²) in [6.07, 6.45) is 1.14. The SMILES string of the molecule is CC(C)(C)Oc1ccc(CC(NC(=O)OC/C(=C\c2ccccc2)S(C)(=O)=O)C(=O)F)cc1. The van der Waals surface area contributed by atoms with Crippen molar-refractivity contribution >= 4 is 28.0 Å². The minimum atomic E-state index is -3.67. The van der Waals surface area contributed by atoms with E-state index in [0.717, 1.165) is 6.26 Å². The molecule has 0 fully saturated rings. The molecular weight excluding hydrogens is 449 g/mol. The number of carbonyl (C=O) groups is 2. The number of amides is 1.